The highest BCUT2D eigenvalue weighted by molar-refractivity contribution is 9.10. The van der Waals surface area contributed by atoms with Gasteiger partial charge in [-0.15, -0.1) is 0 Å². The van der Waals surface area contributed by atoms with E-state index in [-0.39, 0.29) is 18.4 Å². The molecule has 0 aliphatic carbocycles. The zero-order chi connectivity index (χ0) is 18.4. The van der Waals surface area contributed by atoms with Gasteiger partial charge in [0.15, 0.2) is 0 Å². The number of hydrogen-bond donors (Lipinski definition) is 0. The Morgan fingerprint density at radius 3 is 2.69 bits per heavy atom. The molecular formula is C18H13BrN2O3S2. The van der Waals surface area contributed by atoms with Gasteiger partial charge in [0.2, 0.25) is 0 Å². The molecule has 1 saturated heterocycles. The Hall–Kier alpha value is -1.90. The largest absolute Gasteiger partial charge is 0.467 e. The molecule has 0 unspecified atom stereocenters. The number of furan rings is 1. The predicted molar refractivity (Wildman–Crippen MR) is 109 cm³/mol. The molecule has 1 aromatic carbocycles. The van der Waals surface area contributed by atoms with Gasteiger partial charge < -0.3 is 9.32 Å². The molecule has 132 valence electrons. The fourth-order valence-corrected chi connectivity index (χ4v) is 4.77. The Kier molecular flexibility index (Phi) is 4.50. The number of halogens is 1. The quantitative estimate of drug-likeness (QED) is 0.520. The van der Waals surface area contributed by atoms with E-state index < -0.39 is 0 Å². The molecule has 0 N–H and O–H groups in total. The van der Waals surface area contributed by atoms with Crippen LogP contribution in [0.1, 0.15) is 18.2 Å². The fraction of sp³-hybridized carbons (Fsp3) is 0.167. The molecule has 0 saturated carbocycles. The highest BCUT2D eigenvalue weighted by Crippen LogP contribution is 2.45. The van der Waals surface area contributed by atoms with Gasteiger partial charge in [-0.3, -0.25) is 14.5 Å². The van der Waals surface area contributed by atoms with Crippen LogP contribution in [0.5, 0.6) is 0 Å². The van der Waals surface area contributed by atoms with Crippen LogP contribution in [0.15, 0.2) is 50.4 Å². The number of carbonyl (C=O) groups is 2. The van der Waals surface area contributed by atoms with Crippen LogP contribution in [-0.2, 0) is 16.1 Å². The van der Waals surface area contributed by atoms with Crippen LogP contribution in [-0.4, -0.2) is 27.6 Å². The molecule has 4 rings (SSSR count). The lowest BCUT2D eigenvalue weighted by atomic mass is 10.1. The first-order valence-electron chi connectivity index (χ1n) is 7.93. The van der Waals surface area contributed by atoms with Crippen molar-refractivity contribution in [3.63, 3.8) is 0 Å². The second kappa shape index (κ2) is 6.68. The zero-order valence-corrected chi connectivity index (χ0v) is 16.9. The summed E-state index contributed by atoms with van der Waals surface area (Å²) in [5, 5.41) is 0. The summed E-state index contributed by atoms with van der Waals surface area (Å²) in [6.07, 6.45) is 1.55. The Morgan fingerprint density at radius 2 is 2.00 bits per heavy atom. The molecule has 1 fully saturated rings. The Labute approximate surface area is 168 Å². The van der Waals surface area contributed by atoms with Crippen LogP contribution in [0.25, 0.3) is 5.57 Å². The monoisotopic (exact) mass is 448 g/mol. The van der Waals surface area contributed by atoms with E-state index in [4.69, 9.17) is 16.6 Å². The molecule has 0 bridgehead atoms. The summed E-state index contributed by atoms with van der Waals surface area (Å²) in [6, 6.07) is 9.20. The van der Waals surface area contributed by atoms with E-state index in [2.05, 4.69) is 15.9 Å². The molecule has 0 atom stereocenters. The molecule has 1 aromatic heterocycles. The first-order valence-corrected chi connectivity index (χ1v) is 9.95. The van der Waals surface area contributed by atoms with Gasteiger partial charge >= 0.3 is 0 Å². The van der Waals surface area contributed by atoms with E-state index in [9.17, 15) is 9.59 Å². The van der Waals surface area contributed by atoms with Crippen LogP contribution < -0.4 is 4.90 Å². The maximum Gasteiger partial charge on any atom is 0.267 e. The van der Waals surface area contributed by atoms with Gasteiger partial charge in [0.05, 0.1) is 29.0 Å². The maximum atomic E-state index is 13.0. The maximum absolute atomic E-state index is 13.0. The third-order valence-electron chi connectivity index (χ3n) is 4.26. The van der Waals surface area contributed by atoms with Crippen LogP contribution in [0.2, 0.25) is 0 Å². The SMILES string of the molecule is CCN1C(=O)/C(=C2\SC(=S)N(Cc3ccco3)C2=O)c2cc(Br)ccc21. The number of rotatable bonds is 3. The predicted octanol–water partition coefficient (Wildman–Crippen LogP) is 4.18. The van der Waals surface area contributed by atoms with E-state index in [0.29, 0.717) is 27.1 Å². The van der Waals surface area contributed by atoms with Crippen LogP contribution >= 0.6 is 39.9 Å². The van der Waals surface area contributed by atoms with E-state index in [1.165, 1.54) is 16.7 Å². The topological polar surface area (TPSA) is 53.8 Å². The normalized spacial score (nSPS) is 19.7. The molecule has 2 aliphatic heterocycles. The molecular weight excluding hydrogens is 436 g/mol. The third-order valence-corrected chi connectivity index (χ3v) is 6.21. The second-order valence-corrected chi connectivity index (χ2v) is 8.31. The summed E-state index contributed by atoms with van der Waals surface area (Å²) >= 11 is 10.0. The number of nitrogens with zero attached hydrogens (tertiary/aromatic N) is 2. The summed E-state index contributed by atoms with van der Waals surface area (Å²) in [5.74, 6) is 0.214. The van der Waals surface area contributed by atoms with Gasteiger partial charge in [-0.05, 0) is 37.3 Å². The molecule has 2 aromatic rings. The molecule has 26 heavy (non-hydrogen) atoms. The number of amides is 2. The summed E-state index contributed by atoms with van der Waals surface area (Å²) in [7, 11) is 0. The van der Waals surface area contributed by atoms with Crippen molar-refractivity contribution in [3.05, 3.63) is 57.3 Å². The second-order valence-electron chi connectivity index (χ2n) is 5.75. The number of anilines is 1. The number of hydrogen-bond acceptors (Lipinski definition) is 5. The Morgan fingerprint density at radius 1 is 1.19 bits per heavy atom. The van der Waals surface area contributed by atoms with Crippen molar-refractivity contribution in [2.75, 3.05) is 11.4 Å². The molecule has 0 radical (unpaired) electrons. The Bertz CT molecular complexity index is 969. The van der Waals surface area contributed by atoms with Crippen LogP contribution in [0.4, 0.5) is 5.69 Å². The number of thioether (sulfide) groups is 1. The highest BCUT2D eigenvalue weighted by Gasteiger charge is 2.41. The smallest absolute Gasteiger partial charge is 0.267 e. The molecule has 0 spiro atoms. The lowest BCUT2D eigenvalue weighted by molar-refractivity contribution is -0.123. The van der Waals surface area contributed by atoms with Crippen LogP contribution in [0.3, 0.4) is 0 Å². The van der Waals surface area contributed by atoms with Crippen molar-refractivity contribution >= 4 is 67.3 Å². The van der Waals surface area contributed by atoms with Gasteiger partial charge in [0.1, 0.15) is 10.1 Å². The minimum Gasteiger partial charge on any atom is -0.467 e. The van der Waals surface area contributed by atoms with E-state index in [1.54, 1.807) is 23.3 Å². The number of thiocarbonyl (C=S) groups is 1. The van der Waals surface area contributed by atoms with Gasteiger partial charge in [0, 0.05) is 16.6 Å². The number of carbonyl (C=O) groups excluding carboxylic acids is 2. The minimum absolute atomic E-state index is 0.168. The molecule has 5 nitrogen and oxygen atoms in total. The van der Waals surface area contributed by atoms with Crippen molar-refractivity contribution in [1.82, 2.24) is 4.90 Å². The van der Waals surface area contributed by atoms with Gasteiger partial charge in [0.25, 0.3) is 11.8 Å². The molecule has 2 aliphatic rings. The summed E-state index contributed by atoms with van der Waals surface area (Å²) in [5.41, 5.74) is 1.99. The van der Waals surface area contributed by atoms with Gasteiger partial charge in [-0.25, -0.2) is 0 Å². The van der Waals surface area contributed by atoms with E-state index >= 15 is 0 Å². The van der Waals surface area contributed by atoms with Crippen molar-refractivity contribution in [2.24, 2.45) is 0 Å². The van der Waals surface area contributed by atoms with Crippen molar-refractivity contribution in [2.45, 2.75) is 13.5 Å². The van der Waals surface area contributed by atoms with Gasteiger partial charge in [-0.1, -0.05) is 39.9 Å². The van der Waals surface area contributed by atoms with Gasteiger partial charge in [-0.2, -0.15) is 0 Å². The van der Waals surface area contributed by atoms with Crippen molar-refractivity contribution in [3.8, 4) is 0 Å². The summed E-state index contributed by atoms with van der Waals surface area (Å²) < 4.78 is 6.60. The first-order chi connectivity index (χ1) is 12.5. The number of likely N-dealkylation sites (N-methyl/N-ethyl adjacent to an activating group) is 1. The van der Waals surface area contributed by atoms with Crippen molar-refractivity contribution in [1.29, 1.82) is 0 Å². The highest BCUT2D eigenvalue weighted by atomic mass is 79.9. The average Bonchev–Trinajstić information content (AvgIpc) is 3.28. The van der Waals surface area contributed by atoms with E-state index in [0.717, 1.165) is 15.7 Å². The zero-order valence-electron chi connectivity index (χ0n) is 13.7. The lowest BCUT2D eigenvalue weighted by Gasteiger charge is -2.13. The molecule has 2 amide bonds. The minimum atomic E-state index is -0.261. The van der Waals surface area contributed by atoms with Crippen LogP contribution in [0, 0.1) is 0 Å². The number of benzene rings is 1. The average molecular weight is 449 g/mol. The van der Waals surface area contributed by atoms with Crippen molar-refractivity contribution < 1.29 is 14.0 Å². The molecule has 3 heterocycles. The molecule has 8 heteroatoms. The third kappa shape index (κ3) is 2.72. The summed E-state index contributed by atoms with van der Waals surface area (Å²) in [4.78, 5) is 29.5. The summed E-state index contributed by atoms with van der Waals surface area (Å²) in [6.45, 7) is 2.70. The van der Waals surface area contributed by atoms with E-state index in [1.807, 2.05) is 25.1 Å². The standard InChI is InChI=1S/C18H13BrN2O3S2/c1-2-20-13-6-5-10(19)8-12(13)14(16(20)22)15-17(23)21(18(25)26-15)9-11-4-3-7-24-11/h3-8H,2,9H2,1H3/b15-14-. The lowest BCUT2D eigenvalue weighted by Crippen LogP contribution is -2.29. The fourth-order valence-electron chi connectivity index (χ4n) is 3.08. The Balaban J connectivity index is 1.79. The first kappa shape index (κ1) is 17.5. The number of fused-ring (bicyclic) bond motifs is 1.